The number of nitrogens with one attached hydrogen (secondary N) is 1. The summed E-state index contributed by atoms with van der Waals surface area (Å²) in [5, 5.41) is 13.7. The van der Waals surface area contributed by atoms with Crippen LogP contribution in [0, 0.1) is 0 Å². The summed E-state index contributed by atoms with van der Waals surface area (Å²) < 4.78 is 11.3. The normalized spacial score (nSPS) is 14.7. The lowest BCUT2D eigenvalue weighted by molar-refractivity contribution is -0.0893. The van der Waals surface area contributed by atoms with Crippen molar-refractivity contribution in [3.63, 3.8) is 0 Å². The Labute approximate surface area is 215 Å². The lowest BCUT2D eigenvalue weighted by Gasteiger charge is -2.37. The van der Waals surface area contributed by atoms with Gasteiger partial charge in [0, 0.05) is 23.8 Å². The zero-order valence-electron chi connectivity index (χ0n) is 22.5. The Morgan fingerprint density at radius 2 is 1.92 bits per heavy atom. The van der Waals surface area contributed by atoms with Gasteiger partial charge >= 0.3 is 7.48 Å². The molecule has 1 aromatic heterocycles. The first kappa shape index (κ1) is 28.0. The molecule has 8 nitrogen and oxygen atoms in total. The minimum absolute atomic E-state index is 0.290. The number of aliphatic hydroxyl groups is 1. The summed E-state index contributed by atoms with van der Waals surface area (Å²) in [5.74, 6) is 1.16. The first-order valence-corrected chi connectivity index (χ1v) is 12.4. The zero-order valence-corrected chi connectivity index (χ0v) is 22.5. The fraction of sp³-hybridized carbons (Fsp3) is 0.519. The SMILES string of the molecule is CC(C)N(C)Cc1c(C=O)nc(C2=CCOCC2)nc1Nc1ccc([B]OC(C)(C)C(C)(C)O)cc1. The number of carbonyl (C=O) groups is 1. The van der Waals surface area contributed by atoms with Gasteiger partial charge in [0.1, 0.15) is 11.5 Å². The van der Waals surface area contributed by atoms with E-state index in [2.05, 4.69) is 29.0 Å². The van der Waals surface area contributed by atoms with Crippen LogP contribution in [0.5, 0.6) is 0 Å². The molecule has 2 aromatic rings. The summed E-state index contributed by atoms with van der Waals surface area (Å²) in [5.41, 5.74) is 2.06. The second-order valence-corrected chi connectivity index (χ2v) is 10.5. The Hall–Kier alpha value is -2.59. The van der Waals surface area contributed by atoms with E-state index in [-0.39, 0.29) is 6.04 Å². The van der Waals surface area contributed by atoms with Gasteiger partial charge in [0.25, 0.3) is 0 Å². The second kappa shape index (κ2) is 11.6. The molecule has 0 aliphatic carbocycles. The van der Waals surface area contributed by atoms with E-state index in [0.29, 0.717) is 43.5 Å². The molecule has 9 heteroatoms. The molecule has 1 radical (unpaired) electrons. The molecule has 0 spiro atoms. The number of nitrogens with zero attached hydrogens (tertiary/aromatic N) is 3. The highest BCUT2D eigenvalue weighted by molar-refractivity contribution is 6.47. The van der Waals surface area contributed by atoms with Crippen LogP contribution in [0.2, 0.25) is 0 Å². The number of aromatic nitrogens is 2. The topological polar surface area (TPSA) is 96.8 Å². The predicted molar refractivity (Wildman–Crippen MR) is 144 cm³/mol. The van der Waals surface area contributed by atoms with Crippen molar-refractivity contribution in [1.29, 1.82) is 0 Å². The average molecular weight is 493 g/mol. The van der Waals surface area contributed by atoms with Crippen LogP contribution in [0.3, 0.4) is 0 Å². The highest BCUT2D eigenvalue weighted by Gasteiger charge is 2.35. The van der Waals surface area contributed by atoms with Crippen LogP contribution in [0.15, 0.2) is 30.3 Å². The third-order valence-corrected chi connectivity index (χ3v) is 6.83. The smallest absolute Gasteiger partial charge is 0.330 e. The number of hydrogen-bond acceptors (Lipinski definition) is 8. The molecule has 0 amide bonds. The molecule has 2 heterocycles. The molecule has 1 aliphatic heterocycles. The maximum atomic E-state index is 12.1. The molecule has 193 valence electrons. The first-order chi connectivity index (χ1) is 16.9. The van der Waals surface area contributed by atoms with Crippen molar-refractivity contribution < 1.29 is 19.3 Å². The van der Waals surface area contributed by atoms with Gasteiger partial charge < -0.3 is 19.8 Å². The first-order valence-electron chi connectivity index (χ1n) is 12.4. The van der Waals surface area contributed by atoms with E-state index in [0.717, 1.165) is 28.6 Å². The van der Waals surface area contributed by atoms with Crippen LogP contribution in [-0.2, 0) is 15.9 Å². The Bertz CT molecular complexity index is 1080. The van der Waals surface area contributed by atoms with E-state index in [1.54, 1.807) is 21.3 Å². The van der Waals surface area contributed by atoms with Crippen molar-refractivity contribution in [2.75, 3.05) is 25.6 Å². The van der Waals surface area contributed by atoms with Gasteiger partial charge in [0.05, 0.1) is 24.4 Å². The molecular weight excluding hydrogens is 455 g/mol. The van der Waals surface area contributed by atoms with Gasteiger partial charge in [0.2, 0.25) is 0 Å². The van der Waals surface area contributed by atoms with Gasteiger partial charge in [-0.2, -0.15) is 0 Å². The number of carbonyl (C=O) groups excluding carboxylic acids is 1. The van der Waals surface area contributed by atoms with E-state index in [1.807, 2.05) is 51.2 Å². The predicted octanol–water partition coefficient (Wildman–Crippen LogP) is 3.49. The summed E-state index contributed by atoms with van der Waals surface area (Å²) in [7, 11) is 3.66. The number of benzene rings is 1. The fourth-order valence-electron chi connectivity index (χ4n) is 3.31. The van der Waals surface area contributed by atoms with Crippen LogP contribution in [0.25, 0.3) is 5.57 Å². The van der Waals surface area contributed by atoms with Gasteiger partial charge in [-0.3, -0.25) is 9.69 Å². The van der Waals surface area contributed by atoms with E-state index in [9.17, 15) is 9.90 Å². The highest BCUT2D eigenvalue weighted by Crippen LogP contribution is 2.27. The maximum absolute atomic E-state index is 12.1. The second-order valence-electron chi connectivity index (χ2n) is 10.5. The van der Waals surface area contributed by atoms with Crippen LogP contribution < -0.4 is 10.8 Å². The Morgan fingerprint density at radius 1 is 1.22 bits per heavy atom. The monoisotopic (exact) mass is 493 g/mol. The standard InChI is InChI=1S/C27H38BN4O4/c1-18(2)32(7)16-22-23(17-33)30-24(19-12-14-35-15-13-19)31-25(22)29-21-10-8-20(9-11-21)28-36-27(5,6)26(3,4)34/h8-12,17-18,34H,13-16H2,1-7H3,(H,29,30,31). The third kappa shape index (κ3) is 7.00. The van der Waals surface area contributed by atoms with E-state index in [1.165, 1.54) is 0 Å². The van der Waals surface area contributed by atoms with Crippen molar-refractivity contribution in [3.05, 3.63) is 47.4 Å². The zero-order chi connectivity index (χ0) is 26.5. The van der Waals surface area contributed by atoms with Gasteiger partial charge in [0.15, 0.2) is 12.1 Å². The molecule has 1 aliphatic rings. The number of anilines is 2. The molecule has 0 atom stereocenters. The largest absolute Gasteiger partial charge is 0.427 e. The Kier molecular flexibility index (Phi) is 9.05. The van der Waals surface area contributed by atoms with Crippen molar-refractivity contribution in [3.8, 4) is 0 Å². The lowest BCUT2D eigenvalue weighted by atomic mass is 9.82. The minimum Gasteiger partial charge on any atom is -0.427 e. The van der Waals surface area contributed by atoms with Gasteiger partial charge in [-0.1, -0.05) is 23.7 Å². The van der Waals surface area contributed by atoms with Crippen molar-refractivity contribution in [2.24, 2.45) is 0 Å². The lowest BCUT2D eigenvalue weighted by Crippen LogP contribution is -2.49. The molecule has 0 saturated carbocycles. The molecule has 1 aromatic carbocycles. The van der Waals surface area contributed by atoms with Gasteiger partial charge in [-0.05, 0) is 72.7 Å². The summed E-state index contributed by atoms with van der Waals surface area (Å²) in [6.45, 7) is 13.0. The molecule has 0 bridgehead atoms. The molecule has 2 N–H and O–H groups in total. The number of ether oxygens (including phenoxy) is 1. The summed E-state index contributed by atoms with van der Waals surface area (Å²) in [6.07, 6.45) is 3.48. The molecule has 0 fully saturated rings. The number of rotatable bonds is 11. The number of aldehydes is 1. The third-order valence-electron chi connectivity index (χ3n) is 6.83. The average Bonchev–Trinajstić information content (AvgIpc) is 2.84. The van der Waals surface area contributed by atoms with Crippen LogP contribution in [0.1, 0.15) is 69.8 Å². The fourth-order valence-corrected chi connectivity index (χ4v) is 3.31. The number of hydrogen-bond donors (Lipinski definition) is 2. The van der Waals surface area contributed by atoms with Crippen LogP contribution in [-0.4, -0.2) is 71.2 Å². The van der Waals surface area contributed by atoms with Crippen molar-refractivity contribution in [1.82, 2.24) is 14.9 Å². The Morgan fingerprint density at radius 3 is 2.47 bits per heavy atom. The molecule has 0 saturated heterocycles. The van der Waals surface area contributed by atoms with E-state index in [4.69, 9.17) is 14.4 Å². The summed E-state index contributed by atoms with van der Waals surface area (Å²) in [4.78, 5) is 23.7. The summed E-state index contributed by atoms with van der Waals surface area (Å²) in [6, 6.07) is 7.99. The molecule has 3 rings (SSSR count). The van der Waals surface area contributed by atoms with Crippen molar-refractivity contribution >= 4 is 36.3 Å². The molecular formula is C27H38BN4O4. The van der Waals surface area contributed by atoms with E-state index < -0.39 is 11.2 Å². The quantitative estimate of drug-likeness (QED) is 0.363. The Balaban J connectivity index is 1.88. The highest BCUT2D eigenvalue weighted by atomic mass is 16.5. The summed E-state index contributed by atoms with van der Waals surface area (Å²) >= 11 is 0. The molecule has 0 unspecified atom stereocenters. The maximum Gasteiger partial charge on any atom is 0.330 e. The molecule has 36 heavy (non-hydrogen) atoms. The van der Waals surface area contributed by atoms with Gasteiger partial charge in [-0.15, -0.1) is 0 Å². The van der Waals surface area contributed by atoms with Crippen LogP contribution >= 0.6 is 0 Å². The van der Waals surface area contributed by atoms with E-state index >= 15 is 0 Å². The van der Waals surface area contributed by atoms with Crippen LogP contribution in [0.4, 0.5) is 11.5 Å². The minimum atomic E-state index is -0.995. The van der Waals surface area contributed by atoms with Gasteiger partial charge in [-0.25, -0.2) is 9.97 Å². The van der Waals surface area contributed by atoms with Crippen molar-refractivity contribution in [2.45, 2.75) is 71.8 Å².